The molecule has 5 nitrogen and oxygen atoms in total. The average Bonchev–Trinajstić information content (AvgIpc) is 3.32. The number of nitrogens with one attached hydrogen (secondary N) is 1. The van der Waals surface area contributed by atoms with Gasteiger partial charge in [0, 0.05) is 47.5 Å². The molecule has 1 N–H and O–H groups in total. The van der Waals surface area contributed by atoms with E-state index in [2.05, 4.69) is 20.3 Å². The van der Waals surface area contributed by atoms with Crippen LogP contribution < -0.4 is 0 Å². The molecule has 5 heterocycles. The minimum Gasteiger partial charge on any atom is -0.345 e. The van der Waals surface area contributed by atoms with Gasteiger partial charge in [0.15, 0.2) is 5.65 Å². The number of halogens is 2. The zero-order chi connectivity index (χ0) is 17.7. The van der Waals surface area contributed by atoms with Gasteiger partial charge in [-0.3, -0.25) is 0 Å². The number of hydrogen-bond donors (Lipinski definition) is 1. The highest BCUT2D eigenvalue weighted by Crippen LogP contribution is 2.29. The van der Waals surface area contributed by atoms with E-state index in [-0.39, 0.29) is 0 Å². The van der Waals surface area contributed by atoms with Crippen LogP contribution in [0.15, 0.2) is 48.4 Å². The summed E-state index contributed by atoms with van der Waals surface area (Å²) in [5, 5.41) is 5.23. The van der Waals surface area contributed by atoms with Gasteiger partial charge in [0.05, 0.1) is 26.4 Å². The third kappa shape index (κ3) is 2.67. The van der Waals surface area contributed by atoms with Gasteiger partial charge in [-0.25, -0.2) is 15.0 Å². The van der Waals surface area contributed by atoms with Crippen molar-refractivity contribution in [3.63, 3.8) is 0 Å². The van der Waals surface area contributed by atoms with E-state index in [9.17, 15) is 0 Å². The normalized spacial score (nSPS) is 11.6. The van der Waals surface area contributed by atoms with E-state index >= 15 is 0 Å². The molecule has 0 amide bonds. The van der Waals surface area contributed by atoms with Gasteiger partial charge in [-0.15, -0.1) is 11.3 Å². The molecule has 0 spiro atoms. The predicted molar refractivity (Wildman–Crippen MR) is 105 cm³/mol. The molecule has 26 heavy (non-hydrogen) atoms. The van der Waals surface area contributed by atoms with Crippen LogP contribution in [0.1, 0.15) is 10.7 Å². The summed E-state index contributed by atoms with van der Waals surface area (Å²) in [5.74, 6) is 0. The summed E-state index contributed by atoms with van der Waals surface area (Å²) in [5.41, 5.74) is 4.46. The van der Waals surface area contributed by atoms with Crippen molar-refractivity contribution in [2.24, 2.45) is 0 Å². The number of rotatable bonds is 3. The van der Waals surface area contributed by atoms with E-state index < -0.39 is 0 Å². The minimum atomic E-state index is 0.537. The lowest BCUT2D eigenvalue weighted by atomic mass is 10.2. The van der Waals surface area contributed by atoms with Crippen LogP contribution in [0, 0.1) is 0 Å². The van der Waals surface area contributed by atoms with E-state index in [1.807, 2.05) is 28.9 Å². The zero-order valence-corrected chi connectivity index (χ0v) is 15.6. The van der Waals surface area contributed by atoms with Crippen LogP contribution in [0.5, 0.6) is 0 Å². The average molecular weight is 400 g/mol. The van der Waals surface area contributed by atoms with Crippen molar-refractivity contribution in [3.8, 4) is 11.3 Å². The Morgan fingerprint density at radius 1 is 1.19 bits per heavy atom. The highest BCUT2D eigenvalue weighted by atomic mass is 35.5. The van der Waals surface area contributed by atoms with Crippen LogP contribution >= 0.6 is 34.5 Å². The highest BCUT2D eigenvalue weighted by Gasteiger charge is 2.13. The Kier molecular flexibility index (Phi) is 3.70. The van der Waals surface area contributed by atoms with Crippen molar-refractivity contribution in [2.75, 3.05) is 0 Å². The smallest absolute Gasteiger partial charge is 0.155 e. The molecule has 0 atom stereocenters. The molecule has 128 valence electrons. The SMILES string of the molecule is Clc1cc(Cl)c2nc(Cc3nc(-c4c[nH]c5ncccc45)cs3)cn2c1. The summed E-state index contributed by atoms with van der Waals surface area (Å²) in [6.07, 6.45) is 8.09. The van der Waals surface area contributed by atoms with Crippen molar-refractivity contribution in [1.82, 2.24) is 24.3 Å². The molecule has 0 saturated heterocycles. The molecule has 0 aromatic carbocycles. The molecule has 8 heteroatoms. The third-order valence-electron chi connectivity index (χ3n) is 4.13. The number of aromatic nitrogens is 5. The lowest BCUT2D eigenvalue weighted by molar-refractivity contribution is 1.08. The molecule has 0 aliphatic rings. The first-order chi connectivity index (χ1) is 12.7. The van der Waals surface area contributed by atoms with Crippen molar-refractivity contribution in [1.29, 1.82) is 0 Å². The van der Waals surface area contributed by atoms with E-state index in [0.29, 0.717) is 22.1 Å². The quantitative estimate of drug-likeness (QED) is 0.451. The molecule has 5 aromatic rings. The second kappa shape index (κ2) is 6.09. The van der Waals surface area contributed by atoms with Crippen molar-refractivity contribution in [3.05, 3.63) is 69.1 Å². The van der Waals surface area contributed by atoms with Crippen molar-refractivity contribution < 1.29 is 0 Å². The van der Waals surface area contributed by atoms with Crippen LogP contribution in [0.25, 0.3) is 27.9 Å². The molecule has 0 radical (unpaired) electrons. The second-order valence-corrected chi connectivity index (χ2v) is 7.66. The maximum Gasteiger partial charge on any atom is 0.155 e. The van der Waals surface area contributed by atoms with Gasteiger partial charge in [-0.05, 0) is 18.2 Å². The Bertz CT molecular complexity index is 1250. The fourth-order valence-corrected chi connectivity index (χ4v) is 4.34. The number of aromatic amines is 1. The predicted octanol–water partition coefficient (Wildman–Crippen LogP) is 5.23. The van der Waals surface area contributed by atoms with Gasteiger partial charge < -0.3 is 9.38 Å². The molecule has 0 fully saturated rings. The number of thiazole rings is 1. The van der Waals surface area contributed by atoms with Gasteiger partial charge >= 0.3 is 0 Å². The molecule has 5 aromatic heterocycles. The molecular formula is C18H11Cl2N5S. The second-order valence-electron chi connectivity index (χ2n) is 5.87. The fraction of sp³-hybridized carbons (Fsp3) is 0.0556. The van der Waals surface area contributed by atoms with Crippen LogP contribution in [0.3, 0.4) is 0 Å². The van der Waals surface area contributed by atoms with E-state index in [0.717, 1.165) is 33.0 Å². The van der Waals surface area contributed by atoms with E-state index in [1.165, 1.54) is 0 Å². The molecule has 5 rings (SSSR count). The molecule has 0 aliphatic carbocycles. The standard InChI is InChI=1S/C18H11Cl2N5S/c19-10-4-14(20)18-23-11(8-25(18)7-10)5-16-24-15(9-26-16)13-6-22-17-12(13)2-1-3-21-17/h1-4,6-9H,5H2,(H,21,22). The number of imidazole rings is 1. The first-order valence-electron chi connectivity index (χ1n) is 7.87. The first kappa shape index (κ1) is 15.8. The lowest BCUT2D eigenvalue weighted by Gasteiger charge is -1.95. The monoisotopic (exact) mass is 399 g/mol. The summed E-state index contributed by atoms with van der Waals surface area (Å²) in [6.45, 7) is 0. The summed E-state index contributed by atoms with van der Waals surface area (Å²) in [6, 6.07) is 5.67. The molecule has 0 bridgehead atoms. The van der Waals surface area contributed by atoms with Crippen LogP contribution in [0.2, 0.25) is 10.0 Å². The molecule has 0 unspecified atom stereocenters. The lowest BCUT2D eigenvalue weighted by Crippen LogP contribution is -1.87. The Balaban J connectivity index is 1.48. The zero-order valence-electron chi connectivity index (χ0n) is 13.3. The number of pyridine rings is 2. The Morgan fingerprint density at radius 2 is 2.12 bits per heavy atom. The van der Waals surface area contributed by atoms with Crippen LogP contribution in [0.4, 0.5) is 0 Å². The first-order valence-corrected chi connectivity index (χ1v) is 9.50. The number of nitrogens with zero attached hydrogens (tertiary/aromatic N) is 4. The maximum atomic E-state index is 6.22. The maximum absolute atomic E-state index is 6.22. The number of fused-ring (bicyclic) bond motifs is 2. The van der Waals surface area contributed by atoms with E-state index in [4.69, 9.17) is 28.2 Å². The molecule has 0 aliphatic heterocycles. The Morgan fingerprint density at radius 3 is 3.04 bits per heavy atom. The van der Waals surface area contributed by atoms with Crippen molar-refractivity contribution >= 4 is 51.2 Å². The topological polar surface area (TPSA) is 58.9 Å². The summed E-state index contributed by atoms with van der Waals surface area (Å²) in [4.78, 5) is 16.9. The van der Waals surface area contributed by atoms with Gasteiger partial charge in [-0.2, -0.15) is 0 Å². The van der Waals surface area contributed by atoms with Gasteiger partial charge in [0.25, 0.3) is 0 Å². The van der Waals surface area contributed by atoms with Crippen LogP contribution in [-0.2, 0) is 6.42 Å². The summed E-state index contributed by atoms with van der Waals surface area (Å²) >= 11 is 13.9. The van der Waals surface area contributed by atoms with Gasteiger partial charge in [-0.1, -0.05) is 23.2 Å². The third-order valence-corrected chi connectivity index (χ3v) is 5.47. The van der Waals surface area contributed by atoms with Gasteiger partial charge in [0.1, 0.15) is 5.65 Å². The number of H-pyrrole nitrogens is 1. The Labute approximate surface area is 162 Å². The minimum absolute atomic E-state index is 0.537. The molecular weight excluding hydrogens is 389 g/mol. The summed E-state index contributed by atoms with van der Waals surface area (Å²) in [7, 11) is 0. The Hall–Kier alpha value is -2.41. The highest BCUT2D eigenvalue weighted by molar-refractivity contribution is 7.10. The van der Waals surface area contributed by atoms with Crippen molar-refractivity contribution in [2.45, 2.75) is 6.42 Å². The van der Waals surface area contributed by atoms with E-state index in [1.54, 1.807) is 29.8 Å². The summed E-state index contributed by atoms with van der Waals surface area (Å²) < 4.78 is 1.85. The number of hydrogen-bond acceptors (Lipinski definition) is 4. The van der Waals surface area contributed by atoms with Gasteiger partial charge in [0.2, 0.25) is 0 Å². The fourth-order valence-electron chi connectivity index (χ4n) is 3.00. The largest absolute Gasteiger partial charge is 0.345 e. The van der Waals surface area contributed by atoms with Crippen LogP contribution in [-0.4, -0.2) is 24.3 Å². The molecule has 0 saturated carbocycles.